The average Bonchev–Trinajstić information content (AvgIpc) is 3.34. The van der Waals surface area contributed by atoms with E-state index in [9.17, 15) is 14.9 Å². The van der Waals surface area contributed by atoms with E-state index in [2.05, 4.69) is 15.6 Å². The number of benzene rings is 3. The number of nitro benzene ring substituents is 1. The van der Waals surface area contributed by atoms with Gasteiger partial charge in [-0.3, -0.25) is 14.9 Å². The molecule has 2 N–H and O–H groups in total. The zero-order chi connectivity index (χ0) is 27.5. The highest BCUT2D eigenvalue weighted by molar-refractivity contribution is 7.98. The fraction of sp³-hybridized carbons (Fsp3) is 0.179. The van der Waals surface area contributed by atoms with E-state index in [0.717, 1.165) is 16.7 Å². The number of carbonyl (C=O) groups excluding carboxylic acids is 1. The summed E-state index contributed by atoms with van der Waals surface area (Å²) in [5.74, 6) is 1.34. The second-order valence-corrected chi connectivity index (χ2v) is 9.95. The number of fused-ring (bicyclic) bond motifs is 1. The van der Waals surface area contributed by atoms with Gasteiger partial charge in [0, 0.05) is 23.6 Å². The summed E-state index contributed by atoms with van der Waals surface area (Å²) in [7, 11) is 1.56. The van der Waals surface area contributed by atoms with Crippen molar-refractivity contribution in [2.45, 2.75) is 30.8 Å². The van der Waals surface area contributed by atoms with E-state index in [4.69, 9.17) is 9.84 Å². The monoisotopic (exact) mass is 542 g/mol. The van der Waals surface area contributed by atoms with Crippen LogP contribution in [0.3, 0.4) is 0 Å². The first kappa shape index (κ1) is 26.0. The van der Waals surface area contributed by atoms with Crippen LogP contribution < -0.4 is 15.4 Å². The predicted molar refractivity (Wildman–Crippen MR) is 150 cm³/mol. The van der Waals surface area contributed by atoms with Crippen LogP contribution in [0.15, 0.2) is 89.2 Å². The minimum atomic E-state index is -0.516. The first-order valence-corrected chi connectivity index (χ1v) is 13.1. The van der Waals surface area contributed by atoms with E-state index in [1.54, 1.807) is 36.1 Å². The molecule has 1 aromatic heterocycles. The van der Waals surface area contributed by atoms with Crippen molar-refractivity contribution < 1.29 is 14.5 Å². The molecule has 3 aromatic carbocycles. The minimum Gasteiger partial charge on any atom is -0.495 e. The van der Waals surface area contributed by atoms with Crippen molar-refractivity contribution in [2.24, 2.45) is 0 Å². The summed E-state index contributed by atoms with van der Waals surface area (Å²) in [5, 5.41) is 22.5. The number of para-hydroxylation sites is 2. The molecular formula is C28H26N6O4S. The number of non-ortho nitro benzene ring substituents is 1. The summed E-state index contributed by atoms with van der Waals surface area (Å²) in [6, 6.07) is 21.1. The number of nitrogens with one attached hydrogen (secondary N) is 2. The van der Waals surface area contributed by atoms with Gasteiger partial charge in [0.1, 0.15) is 11.8 Å². The standard InChI is InChI=1S/C28H26N6O4S/c1-17-8-12-20(13-9-17)25-24(26(35)30-22-6-4-5-7-23(22)38-3)18(2)29-27-31-28(32-33(25)27)39-16-19-10-14-21(15-11-19)34(36)37/h4-15,25H,16H2,1-3H3,(H,30,35)(H,29,31,32). The summed E-state index contributed by atoms with van der Waals surface area (Å²) < 4.78 is 7.15. The number of carbonyl (C=O) groups is 1. The number of methoxy groups -OCH3 is 1. The summed E-state index contributed by atoms with van der Waals surface area (Å²) in [4.78, 5) is 28.9. The maximum atomic E-state index is 13.7. The van der Waals surface area contributed by atoms with Crippen molar-refractivity contribution in [3.8, 4) is 5.75 Å². The van der Waals surface area contributed by atoms with E-state index < -0.39 is 11.0 Å². The molecule has 2 heterocycles. The smallest absolute Gasteiger partial charge is 0.269 e. The third-order valence-electron chi connectivity index (χ3n) is 6.34. The molecule has 1 aliphatic rings. The van der Waals surface area contributed by atoms with Crippen molar-refractivity contribution in [2.75, 3.05) is 17.7 Å². The Morgan fingerprint density at radius 1 is 1.10 bits per heavy atom. The van der Waals surface area contributed by atoms with Gasteiger partial charge in [0.05, 0.1) is 23.3 Å². The van der Waals surface area contributed by atoms with Crippen LogP contribution in [0.1, 0.15) is 29.7 Å². The molecule has 0 fully saturated rings. The molecule has 1 atom stereocenters. The van der Waals surface area contributed by atoms with Crippen LogP contribution in [0.4, 0.5) is 17.3 Å². The zero-order valence-electron chi connectivity index (χ0n) is 21.5. The lowest BCUT2D eigenvalue weighted by molar-refractivity contribution is -0.384. The number of hydrogen-bond acceptors (Lipinski definition) is 8. The Balaban J connectivity index is 1.46. The first-order valence-electron chi connectivity index (χ1n) is 12.2. The fourth-order valence-electron chi connectivity index (χ4n) is 4.34. The lowest BCUT2D eigenvalue weighted by atomic mass is 9.94. The molecule has 5 rings (SSSR count). The summed E-state index contributed by atoms with van der Waals surface area (Å²) in [6.45, 7) is 3.86. The van der Waals surface area contributed by atoms with Crippen LogP contribution in [0.2, 0.25) is 0 Å². The molecule has 0 saturated carbocycles. The van der Waals surface area contributed by atoms with Gasteiger partial charge in [0.2, 0.25) is 11.1 Å². The molecule has 1 amide bonds. The maximum absolute atomic E-state index is 13.7. The van der Waals surface area contributed by atoms with Gasteiger partial charge in [-0.15, -0.1) is 5.10 Å². The van der Waals surface area contributed by atoms with Crippen LogP contribution in [0, 0.1) is 17.0 Å². The number of aromatic nitrogens is 3. The highest BCUT2D eigenvalue weighted by Crippen LogP contribution is 2.37. The Morgan fingerprint density at radius 2 is 1.82 bits per heavy atom. The molecule has 39 heavy (non-hydrogen) atoms. The highest BCUT2D eigenvalue weighted by atomic mass is 32.2. The Bertz CT molecular complexity index is 1560. The Kier molecular flexibility index (Phi) is 7.33. The zero-order valence-corrected chi connectivity index (χ0v) is 22.4. The van der Waals surface area contributed by atoms with Gasteiger partial charge >= 0.3 is 0 Å². The SMILES string of the molecule is COc1ccccc1NC(=O)C1=C(C)Nc2nc(SCc3ccc([N+](=O)[O-])cc3)nn2C1c1ccc(C)cc1. The molecule has 11 heteroatoms. The lowest BCUT2D eigenvalue weighted by Crippen LogP contribution is -2.31. The number of anilines is 2. The van der Waals surface area contributed by atoms with Crippen LogP contribution in [-0.4, -0.2) is 32.7 Å². The van der Waals surface area contributed by atoms with Gasteiger partial charge in [-0.2, -0.15) is 4.98 Å². The normalized spacial score (nSPS) is 14.4. The number of thioether (sulfide) groups is 1. The first-order chi connectivity index (χ1) is 18.8. The average molecular weight is 543 g/mol. The third-order valence-corrected chi connectivity index (χ3v) is 7.25. The quantitative estimate of drug-likeness (QED) is 0.165. The van der Waals surface area contributed by atoms with Crippen LogP contribution in [0.5, 0.6) is 5.75 Å². The molecule has 1 aliphatic heterocycles. The second kappa shape index (κ2) is 11.0. The van der Waals surface area contributed by atoms with Crippen molar-refractivity contribution in [1.29, 1.82) is 0 Å². The van der Waals surface area contributed by atoms with Crippen LogP contribution in [0.25, 0.3) is 0 Å². The van der Waals surface area contributed by atoms with Crippen LogP contribution in [-0.2, 0) is 10.5 Å². The maximum Gasteiger partial charge on any atom is 0.269 e. The third kappa shape index (κ3) is 5.48. The summed E-state index contributed by atoms with van der Waals surface area (Å²) >= 11 is 1.41. The lowest BCUT2D eigenvalue weighted by Gasteiger charge is -2.29. The molecule has 0 radical (unpaired) electrons. The fourth-order valence-corrected chi connectivity index (χ4v) is 5.13. The molecule has 4 aromatic rings. The molecular weight excluding hydrogens is 516 g/mol. The van der Waals surface area contributed by atoms with Gasteiger partial charge in [0.25, 0.3) is 11.6 Å². The molecule has 1 unspecified atom stereocenters. The van der Waals surface area contributed by atoms with E-state index in [1.165, 1.54) is 23.9 Å². The number of nitro groups is 1. The van der Waals surface area contributed by atoms with Crippen molar-refractivity contribution in [3.63, 3.8) is 0 Å². The predicted octanol–water partition coefficient (Wildman–Crippen LogP) is 5.72. The van der Waals surface area contributed by atoms with E-state index in [0.29, 0.717) is 39.6 Å². The van der Waals surface area contributed by atoms with Crippen molar-refractivity contribution in [3.05, 3.63) is 111 Å². The number of hydrogen-bond donors (Lipinski definition) is 2. The molecule has 0 spiro atoms. The Labute approximate surface area is 229 Å². The number of rotatable bonds is 8. The second-order valence-electron chi connectivity index (χ2n) is 9.01. The van der Waals surface area contributed by atoms with Crippen LogP contribution >= 0.6 is 11.8 Å². The molecule has 198 valence electrons. The minimum absolute atomic E-state index is 0.0462. The van der Waals surface area contributed by atoms with E-state index >= 15 is 0 Å². The summed E-state index contributed by atoms with van der Waals surface area (Å²) in [5.41, 5.74) is 4.69. The molecule has 0 aliphatic carbocycles. The van der Waals surface area contributed by atoms with Gasteiger partial charge in [-0.05, 0) is 37.1 Å². The number of aryl methyl sites for hydroxylation is 1. The Morgan fingerprint density at radius 3 is 2.51 bits per heavy atom. The van der Waals surface area contributed by atoms with Gasteiger partial charge < -0.3 is 15.4 Å². The van der Waals surface area contributed by atoms with Crippen molar-refractivity contribution in [1.82, 2.24) is 14.8 Å². The van der Waals surface area contributed by atoms with E-state index in [1.807, 2.05) is 50.2 Å². The van der Waals surface area contributed by atoms with Gasteiger partial charge in [-0.1, -0.05) is 65.9 Å². The molecule has 0 saturated heterocycles. The highest BCUT2D eigenvalue weighted by Gasteiger charge is 2.34. The molecule has 10 nitrogen and oxygen atoms in total. The van der Waals surface area contributed by atoms with Gasteiger partial charge in [0.15, 0.2) is 0 Å². The van der Waals surface area contributed by atoms with E-state index in [-0.39, 0.29) is 11.6 Å². The largest absolute Gasteiger partial charge is 0.495 e. The van der Waals surface area contributed by atoms with Gasteiger partial charge in [-0.25, -0.2) is 4.68 Å². The number of amides is 1. The van der Waals surface area contributed by atoms with Crippen molar-refractivity contribution >= 4 is 35.0 Å². The number of nitrogens with zero attached hydrogens (tertiary/aromatic N) is 4. The topological polar surface area (TPSA) is 124 Å². The Hall–Kier alpha value is -4.64. The number of allylic oxidation sites excluding steroid dienone is 1. The molecule has 0 bridgehead atoms. The summed E-state index contributed by atoms with van der Waals surface area (Å²) in [6.07, 6.45) is 0. The number of ether oxygens (including phenoxy) is 1.